The summed E-state index contributed by atoms with van der Waals surface area (Å²) in [4.78, 5) is 39.1. The van der Waals surface area contributed by atoms with Crippen LogP contribution in [0.25, 0.3) is 0 Å². The van der Waals surface area contributed by atoms with Crippen LogP contribution in [0.2, 0.25) is 0 Å². The van der Waals surface area contributed by atoms with Gasteiger partial charge in [-0.15, -0.1) is 0 Å². The number of rotatable bonds is 6. The van der Waals surface area contributed by atoms with Crippen molar-refractivity contribution in [1.82, 2.24) is 15.2 Å². The second kappa shape index (κ2) is 7.85. The zero-order chi connectivity index (χ0) is 21.5. The summed E-state index contributed by atoms with van der Waals surface area (Å²) in [7, 11) is 0. The second-order valence-electron chi connectivity index (χ2n) is 8.59. The molecule has 5 rings (SSSR count). The number of carbonyl (C=O) groups excluding carboxylic acids is 2. The van der Waals surface area contributed by atoms with E-state index < -0.39 is 0 Å². The fraction of sp³-hybridized carbons (Fsp3) is 0.435. The van der Waals surface area contributed by atoms with Gasteiger partial charge in [0.15, 0.2) is 0 Å². The number of amides is 2. The quantitative estimate of drug-likeness (QED) is 0.758. The van der Waals surface area contributed by atoms with Crippen molar-refractivity contribution in [2.75, 3.05) is 13.1 Å². The highest BCUT2D eigenvalue weighted by atomic mass is 16.5. The number of hydrogen-bond acceptors (Lipinski definition) is 6. The van der Waals surface area contributed by atoms with E-state index >= 15 is 0 Å². The van der Waals surface area contributed by atoms with E-state index in [1.165, 1.54) is 0 Å². The van der Waals surface area contributed by atoms with E-state index in [4.69, 9.17) is 4.74 Å². The van der Waals surface area contributed by atoms with Gasteiger partial charge in [-0.2, -0.15) is 0 Å². The lowest BCUT2D eigenvalue weighted by molar-refractivity contribution is -0.114. The van der Waals surface area contributed by atoms with Crippen LogP contribution in [0.1, 0.15) is 37.2 Å². The fourth-order valence-electron chi connectivity index (χ4n) is 3.86. The minimum absolute atomic E-state index is 0.0565. The molecule has 8 nitrogen and oxygen atoms in total. The first-order valence-corrected chi connectivity index (χ1v) is 10.7. The van der Waals surface area contributed by atoms with Crippen LogP contribution >= 0.6 is 0 Å². The molecule has 0 radical (unpaired) electrons. The van der Waals surface area contributed by atoms with Gasteiger partial charge in [0, 0.05) is 37.0 Å². The third kappa shape index (κ3) is 4.20. The Bertz CT molecular complexity index is 1040. The molecule has 0 spiro atoms. The number of nitrogens with one attached hydrogen (secondary N) is 1. The molecule has 4 heterocycles. The topological polar surface area (TPSA) is 96.2 Å². The van der Waals surface area contributed by atoms with Crippen LogP contribution in [0.4, 0.5) is 0 Å². The van der Waals surface area contributed by atoms with Gasteiger partial charge in [0.1, 0.15) is 23.6 Å². The smallest absolute Gasteiger partial charge is 0.272 e. The Morgan fingerprint density at radius 3 is 2.87 bits per heavy atom. The Balaban J connectivity index is 1.14. The molecule has 3 aliphatic heterocycles. The van der Waals surface area contributed by atoms with E-state index in [0.29, 0.717) is 28.8 Å². The highest BCUT2D eigenvalue weighted by Gasteiger charge is 2.38. The van der Waals surface area contributed by atoms with Gasteiger partial charge >= 0.3 is 0 Å². The molecule has 31 heavy (non-hydrogen) atoms. The molecule has 4 aliphatic rings. The van der Waals surface area contributed by atoms with Crippen molar-refractivity contribution in [1.29, 1.82) is 0 Å². The Kier molecular flexibility index (Phi) is 5.02. The molecular weight excluding hydrogens is 394 g/mol. The first-order chi connectivity index (χ1) is 15.0. The van der Waals surface area contributed by atoms with Crippen LogP contribution in [-0.2, 0) is 4.79 Å². The highest BCUT2D eigenvalue weighted by Crippen LogP contribution is 2.26. The van der Waals surface area contributed by atoms with E-state index in [9.17, 15) is 9.59 Å². The summed E-state index contributed by atoms with van der Waals surface area (Å²) >= 11 is 0. The third-order valence-electron chi connectivity index (χ3n) is 6.10. The Labute approximate surface area is 180 Å². The van der Waals surface area contributed by atoms with Crippen LogP contribution in [0.15, 0.2) is 51.6 Å². The predicted octanol–water partition coefficient (Wildman–Crippen LogP) is 1.73. The Morgan fingerprint density at radius 1 is 1.32 bits per heavy atom. The van der Waals surface area contributed by atoms with Gasteiger partial charge in [-0.1, -0.05) is 0 Å². The summed E-state index contributed by atoms with van der Waals surface area (Å²) in [6.45, 7) is 5.40. The van der Waals surface area contributed by atoms with Gasteiger partial charge in [0.05, 0.1) is 11.9 Å². The molecule has 160 valence electrons. The fourth-order valence-corrected chi connectivity index (χ4v) is 3.86. The number of aromatic nitrogens is 1. The van der Waals surface area contributed by atoms with Gasteiger partial charge in [0.2, 0.25) is 0 Å². The molecule has 1 saturated heterocycles. The summed E-state index contributed by atoms with van der Waals surface area (Å²) in [6.07, 6.45) is 9.47. The van der Waals surface area contributed by atoms with E-state index in [0.717, 1.165) is 31.5 Å². The van der Waals surface area contributed by atoms with Crippen molar-refractivity contribution in [3.8, 4) is 5.75 Å². The standard InChI is InChI=1S/C23H25N5O3/c1-13-7-19-20(27-22(13)29)8-15(9-24-19)11-28-12-21(14(28)2)31-17-5-6-18(25-10-17)23(30)26-16-3-4-16/h5-10,14,16,19,21H,3-4,11-12H2,1-2H3,(H,26,30)/t14-,19?,21+/m1/s1. The first kappa shape index (κ1) is 19.8. The average molecular weight is 419 g/mol. The molecule has 1 N–H and O–H groups in total. The number of pyridine rings is 1. The van der Waals surface area contributed by atoms with Crippen molar-refractivity contribution in [3.05, 3.63) is 47.3 Å². The number of carbonyl (C=O) groups is 2. The van der Waals surface area contributed by atoms with E-state index in [1.54, 1.807) is 25.3 Å². The Morgan fingerprint density at radius 2 is 2.16 bits per heavy atom. The maximum atomic E-state index is 12.0. The maximum absolute atomic E-state index is 12.0. The monoisotopic (exact) mass is 419 g/mol. The molecule has 8 heteroatoms. The molecule has 2 amide bonds. The summed E-state index contributed by atoms with van der Waals surface area (Å²) in [5.74, 6) is 0.351. The van der Waals surface area contributed by atoms with Crippen LogP contribution in [0.3, 0.4) is 0 Å². The van der Waals surface area contributed by atoms with Crippen molar-refractivity contribution in [2.24, 2.45) is 9.98 Å². The number of likely N-dealkylation sites (tertiary alicyclic amines) is 1. The summed E-state index contributed by atoms with van der Waals surface area (Å²) in [6, 6.07) is 3.90. The minimum atomic E-state index is -0.186. The van der Waals surface area contributed by atoms with Crippen LogP contribution < -0.4 is 10.1 Å². The first-order valence-electron chi connectivity index (χ1n) is 10.7. The summed E-state index contributed by atoms with van der Waals surface area (Å²) < 4.78 is 6.06. The Hall–Kier alpha value is -3.13. The van der Waals surface area contributed by atoms with E-state index in [2.05, 4.69) is 32.1 Å². The molecule has 1 aromatic rings. The van der Waals surface area contributed by atoms with Gasteiger partial charge in [-0.3, -0.25) is 19.5 Å². The molecule has 1 aliphatic carbocycles. The lowest BCUT2D eigenvalue weighted by atomic mass is 9.97. The molecular formula is C23H25N5O3. The zero-order valence-corrected chi connectivity index (χ0v) is 17.6. The van der Waals surface area contributed by atoms with Crippen molar-refractivity contribution in [3.63, 3.8) is 0 Å². The van der Waals surface area contributed by atoms with Crippen LogP contribution in [0.5, 0.6) is 5.75 Å². The lowest BCUT2D eigenvalue weighted by Crippen LogP contribution is -2.61. The van der Waals surface area contributed by atoms with Crippen molar-refractivity contribution < 1.29 is 14.3 Å². The number of hydrogen-bond donors (Lipinski definition) is 1. The minimum Gasteiger partial charge on any atom is -0.486 e. The average Bonchev–Trinajstić information content (AvgIpc) is 3.58. The molecule has 0 aromatic carbocycles. The van der Waals surface area contributed by atoms with E-state index in [1.807, 2.05) is 18.4 Å². The van der Waals surface area contributed by atoms with Gasteiger partial charge in [0.25, 0.3) is 11.8 Å². The highest BCUT2D eigenvalue weighted by molar-refractivity contribution is 6.16. The number of fused-ring (bicyclic) bond motifs is 1. The normalized spacial score (nSPS) is 27.5. The number of ether oxygens (including phenoxy) is 1. The number of aliphatic imine (C=N–C) groups is 2. The number of dihydropyridines is 2. The predicted molar refractivity (Wildman–Crippen MR) is 117 cm³/mol. The van der Waals surface area contributed by atoms with Gasteiger partial charge in [-0.25, -0.2) is 9.98 Å². The molecule has 2 fully saturated rings. The lowest BCUT2D eigenvalue weighted by Gasteiger charge is -2.46. The molecule has 1 saturated carbocycles. The van der Waals surface area contributed by atoms with Crippen molar-refractivity contribution in [2.45, 2.75) is 50.9 Å². The molecule has 0 bridgehead atoms. The SMILES string of the molecule is CC1=CC2N=CC(CN3C[C@H](Oc4ccc(C(=O)NC5CC5)nc4)[C@H]3C)=CC2=NC1=O. The molecule has 1 unspecified atom stereocenters. The van der Waals surface area contributed by atoms with Crippen molar-refractivity contribution >= 4 is 23.7 Å². The third-order valence-corrected chi connectivity index (χ3v) is 6.10. The molecule has 3 atom stereocenters. The van der Waals surface area contributed by atoms with Gasteiger partial charge in [-0.05, 0) is 56.5 Å². The van der Waals surface area contributed by atoms with Gasteiger partial charge < -0.3 is 10.1 Å². The summed E-state index contributed by atoms with van der Waals surface area (Å²) in [5, 5.41) is 2.93. The summed E-state index contributed by atoms with van der Waals surface area (Å²) in [5.41, 5.74) is 2.81. The number of nitrogens with zero attached hydrogens (tertiary/aromatic N) is 4. The second-order valence-corrected chi connectivity index (χ2v) is 8.59. The van der Waals surface area contributed by atoms with Crippen LogP contribution in [-0.4, -0.2) is 70.9 Å². The maximum Gasteiger partial charge on any atom is 0.272 e. The van der Waals surface area contributed by atoms with Crippen LogP contribution in [0, 0.1) is 0 Å². The largest absolute Gasteiger partial charge is 0.486 e. The zero-order valence-electron chi connectivity index (χ0n) is 17.6. The van der Waals surface area contributed by atoms with E-state index in [-0.39, 0.29) is 30.0 Å². The molecule has 1 aromatic heterocycles.